The summed E-state index contributed by atoms with van der Waals surface area (Å²) >= 11 is 1.17. The average Bonchev–Trinajstić information content (AvgIpc) is 2.95. The Balaban J connectivity index is 1.73. The van der Waals surface area contributed by atoms with Crippen molar-refractivity contribution >= 4 is 17.4 Å². The summed E-state index contributed by atoms with van der Waals surface area (Å²) in [5.74, 6) is 0.584. The molecule has 2 fully saturated rings. The summed E-state index contributed by atoms with van der Waals surface area (Å²) in [6.45, 7) is 10.1. The van der Waals surface area contributed by atoms with Gasteiger partial charge in [0.25, 0.3) is 5.91 Å². The van der Waals surface area contributed by atoms with Gasteiger partial charge in [-0.3, -0.25) is 9.69 Å². The van der Waals surface area contributed by atoms with Crippen molar-refractivity contribution in [2.75, 3.05) is 26.2 Å². The second-order valence-electron chi connectivity index (χ2n) is 7.50. The smallest absolute Gasteiger partial charge is 0.265 e. The van der Waals surface area contributed by atoms with Crippen LogP contribution >= 0.6 is 11.5 Å². The molecule has 1 aromatic heterocycles. The molecule has 0 radical (unpaired) electrons. The van der Waals surface area contributed by atoms with Crippen LogP contribution in [0.1, 0.15) is 54.9 Å². The zero-order valence-electron chi connectivity index (χ0n) is 14.9. The van der Waals surface area contributed by atoms with Crippen molar-refractivity contribution in [3.05, 3.63) is 10.6 Å². The molecule has 3 rings (SSSR count). The van der Waals surface area contributed by atoms with Crippen LogP contribution in [0.3, 0.4) is 0 Å². The maximum atomic E-state index is 12.6. The molecule has 7 heteroatoms. The largest absolute Gasteiger partial charge is 0.370 e. The van der Waals surface area contributed by atoms with Crippen molar-refractivity contribution in [1.82, 2.24) is 19.8 Å². The van der Waals surface area contributed by atoms with Gasteiger partial charge in [-0.2, -0.15) is 0 Å². The summed E-state index contributed by atoms with van der Waals surface area (Å²) < 4.78 is 10.2. The minimum Gasteiger partial charge on any atom is -0.370 e. The van der Waals surface area contributed by atoms with Crippen molar-refractivity contribution < 1.29 is 9.53 Å². The van der Waals surface area contributed by atoms with Crippen molar-refractivity contribution in [2.45, 2.75) is 58.1 Å². The quantitative estimate of drug-likeness (QED) is 0.900. The first-order chi connectivity index (χ1) is 11.5. The van der Waals surface area contributed by atoms with E-state index in [4.69, 9.17) is 4.74 Å². The molecule has 1 aliphatic heterocycles. The Labute approximate surface area is 148 Å². The minimum atomic E-state index is -0.243. The van der Waals surface area contributed by atoms with Gasteiger partial charge in [-0.05, 0) is 37.2 Å². The number of carbonyl (C=O) groups excluding carboxylic acids is 1. The lowest BCUT2D eigenvalue weighted by atomic mass is 9.78. The molecule has 2 heterocycles. The SMILES string of the molecule is Cc1nnsc1C(=O)NC1CCCCC12CN(CC(C)C)CCO2. The van der Waals surface area contributed by atoms with Crippen LogP contribution in [0, 0.1) is 12.8 Å². The highest BCUT2D eigenvalue weighted by molar-refractivity contribution is 7.08. The zero-order valence-corrected chi connectivity index (χ0v) is 15.7. The lowest BCUT2D eigenvalue weighted by Crippen LogP contribution is -2.64. The zero-order chi connectivity index (χ0) is 17.2. The molecule has 0 aromatic carbocycles. The second-order valence-corrected chi connectivity index (χ2v) is 8.26. The Bertz CT molecular complexity index is 573. The molecule has 1 spiro atoms. The number of amides is 1. The van der Waals surface area contributed by atoms with Crippen LogP contribution in [0.2, 0.25) is 0 Å². The van der Waals surface area contributed by atoms with Crippen LogP contribution in [0.5, 0.6) is 0 Å². The molecule has 1 amide bonds. The van der Waals surface area contributed by atoms with E-state index in [1.165, 1.54) is 18.0 Å². The Morgan fingerprint density at radius 3 is 3.04 bits per heavy atom. The van der Waals surface area contributed by atoms with Crippen LogP contribution in [0.15, 0.2) is 0 Å². The first-order valence-corrected chi connectivity index (χ1v) is 9.73. The third kappa shape index (κ3) is 3.78. The molecule has 1 saturated heterocycles. The lowest BCUT2D eigenvalue weighted by Gasteiger charge is -2.50. The van der Waals surface area contributed by atoms with E-state index in [0.29, 0.717) is 16.5 Å². The molecule has 134 valence electrons. The number of ether oxygens (including phenoxy) is 1. The molecule has 1 aliphatic carbocycles. The fraction of sp³-hybridized carbons (Fsp3) is 0.824. The summed E-state index contributed by atoms with van der Waals surface area (Å²) in [6, 6.07) is 0.0650. The third-order valence-electron chi connectivity index (χ3n) is 5.05. The number of hydrogen-bond acceptors (Lipinski definition) is 6. The highest BCUT2D eigenvalue weighted by Gasteiger charge is 2.46. The molecule has 2 aliphatic rings. The number of rotatable bonds is 4. The van der Waals surface area contributed by atoms with Crippen LogP contribution in [-0.2, 0) is 4.74 Å². The van der Waals surface area contributed by atoms with E-state index in [2.05, 4.69) is 33.7 Å². The molecular weight excluding hydrogens is 324 g/mol. The van der Waals surface area contributed by atoms with Gasteiger partial charge in [0.2, 0.25) is 0 Å². The van der Waals surface area contributed by atoms with E-state index in [9.17, 15) is 4.79 Å². The number of hydrogen-bond donors (Lipinski definition) is 1. The maximum absolute atomic E-state index is 12.6. The minimum absolute atomic E-state index is 0.0571. The number of morpholine rings is 1. The first kappa shape index (κ1) is 17.8. The second kappa shape index (κ2) is 7.45. The fourth-order valence-corrected chi connectivity index (χ4v) is 4.55. The summed E-state index contributed by atoms with van der Waals surface area (Å²) in [5.41, 5.74) is 0.459. The first-order valence-electron chi connectivity index (χ1n) is 8.96. The van der Waals surface area contributed by atoms with Crippen molar-refractivity contribution in [2.24, 2.45) is 5.92 Å². The summed E-state index contributed by atoms with van der Waals surface area (Å²) in [5, 5.41) is 7.18. The Morgan fingerprint density at radius 1 is 1.50 bits per heavy atom. The molecular formula is C17H28N4O2S. The number of nitrogens with zero attached hydrogens (tertiary/aromatic N) is 3. The van der Waals surface area contributed by atoms with Crippen molar-refractivity contribution in [3.63, 3.8) is 0 Å². The predicted octanol–water partition coefficient (Wildman–Crippen LogP) is 2.25. The molecule has 1 saturated carbocycles. The van der Waals surface area contributed by atoms with E-state index in [0.717, 1.165) is 45.5 Å². The number of nitrogens with one attached hydrogen (secondary N) is 1. The standard InChI is InChI=1S/C17H28N4O2S/c1-12(2)10-21-8-9-23-17(11-21)7-5-4-6-14(17)18-16(22)15-13(3)19-20-24-15/h12,14H,4-11H2,1-3H3,(H,18,22). The van der Waals surface area contributed by atoms with Gasteiger partial charge in [0.05, 0.1) is 18.3 Å². The third-order valence-corrected chi connectivity index (χ3v) is 5.88. The molecule has 1 N–H and O–H groups in total. The number of aryl methyl sites for hydroxylation is 1. The highest BCUT2D eigenvalue weighted by atomic mass is 32.1. The van der Waals surface area contributed by atoms with Gasteiger partial charge in [-0.15, -0.1) is 5.10 Å². The van der Waals surface area contributed by atoms with Gasteiger partial charge in [0.1, 0.15) is 10.5 Å². The Kier molecular flexibility index (Phi) is 5.52. The van der Waals surface area contributed by atoms with Crippen molar-refractivity contribution in [1.29, 1.82) is 0 Å². The van der Waals surface area contributed by atoms with E-state index in [1.807, 2.05) is 6.92 Å². The topological polar surface area (TPSA) is 67.4 Å². The van der Waals surface area contributed by atoms with Gasteiger partial charge in [0.15, 0.2) is 0 Å². The summed E-state index contributed by atoms with van der Waals surface area (Å²) in [6.07, 6.45) is 4.31. The van der Waals surface area contributed by atoms with Gasteiger partial charge in [-0.25, -0.2) is 0 Å². The van der Waals surface area contributed by atoms with Crippen LogP contribution in [-0.4, -0.2) is 58.3 Å². The van der Waals surface area contributed by atoms with Gasteiger partial charge < -0.3 is 10.1 Å². The van der Waals surface area contributed by atoms with Crippen molar-refractivity contribution in [3.8, 4) is 0 Å². The fourth-order valence-electron chi connectivity index (χ4n) is 3.99. The summed E-state index contributed by atoms with van der Waals surface area (Å²) in [4.78, 5) is 15.7. The number of aromatic nitrogens is 2. The molecule has 2 atom stereocenters. The Hall–Kier alpha value is -1.05. The molecule has 24 heavy (non-hydrogen) atoms. The predicted molar refractivity (Wildman–Crippen MR) is 94.3 cm³/mol. The van der Waals surface area contributed by atoms with E-state index < -0.39 is 0 Å². The lowest BCUT2D eigenvalue weighted by molar-refractivity contribution is -0.142. The van der Waals surface area contributed by atoms with E-state index in [1.54, 1.807) is 0 Å². The van der Waals surface area contributed by atoms with Gasteiger partial charge >= 0.3 is 0 Å². The molecule has 2 unspecified atom stereocenters. The number of carbonyl (C=O) groups is 1. The van der Waals surface area contributed by atoms with Gasteiger partial charge in [-0.1, -0.05) is 31.2 Å². The normalized spacial score (nSPS) is 28.4. The van der Waals surface area contributed by atoms with Crippen LogP contribution in [0.25, 0.3) is 0 Å². The average molecular weight is 353 g/mol. The maximum Gasteiger partial charge on any atom is 0.265 e. The molecule has 0 bridgehead atoms. The van der Waals surface area contributed by atoms with Crippen LogP contribution in [0.4, 0.5) is 0 Å². The van der Waals surface area contributed by atoms with E-state index in [-0.39, 0.29) is 17.6 Å². The van der Waals surface area contributed by atoms with Crippen LogP contribution < -0.4 is 5.32 Å². The highest BCUT2D eigenvalue weighted by Crippen LogP contribution is 2.35. The monoisotopic (exact) mass is 352 g/mol. The molecule has 1 aromatic rings. The van der Waals surface area contributed by atoms with Gasteiger partial charge in [0, 0.05) is 19.6 Å². The molecule has 6 nitrogen and oxygen atoms in total. The van der Waals surface area contributed by atoms with E-state index >= 15 is 0 Å². The summed E-state index contributed by atoms with van der Waals surface area (Å²) in [7, 11) is 0. The Morgan fingerprint density at radius 2 is 2.33 bits per heavy atom.